The lowest BCUT2D eigenvalue weighted by atomic mass is 9.92. The Morgan fingerprint density at radius 3 is 2.59 bits per heavy atom. The van der Waals surface area contributed by atoms with Crippen molar-refractivity contribution in [1.29, 1.82) is 0 Å². The second-order valence-electron chi connectivity index (χ2n) is 7.32. The topological polar surface area (TPSA) is 52.0 Å². The number of carbonyl (C=O) groups is 1. The van der Waals surface area contributed by atoms with Crippen molar-refractivity contribution in [2.75, 3.05) is 5.75 Å². The zero-order chi connectivity index (χ0) is 19.6. The van der Waals surface area contributed by atoms with Gasteiger partial charge in [0.15, 0.2) is 5.16 Å². The van der Waals surface area contributed by atoms with Crippen LogP contribution in [-0.2, 0) is 17.8 Å². The molecule has 0 atom stereocenters. The molecular weight excluding hydrogens is 400 g/mol. The third kappa shape index (κ3) is 4.81. The van der Waals surface area contributed by atoms with Crippen LogP contribution in [0.2, 0.25) is 5.02 Å². The van der Waals surface area contributed by atoms with E-state index in [0.717, 1.165) is 5.56 Å². The summed E-state index contributed by atoms with van der Waals surface area (Å²) in [4.78, 5) is 29.9. The number of aryl methyl sites for hydroxylation is 1. The highest BCUT2D eigenvalue weighted by atomic mass is 35.5. The predicted molar refractivity (Wildman–Crippen MR) is 114 cm³/mol. The molecule has 0 saturated heterocycles. The number of carbonyl (C=O) groups excluding carboxylic acids is 1. The van der Waals surface area contributed by atoms with Crippen LogP contribution in [0.4, 0.5) is 0 Å². The standard InChI is InChI=1S/C20H21ClN2O2S2/c1-20(2,3)16(24)12-27-19-22-15-9-11-26-17(15)18(25)23(19)10-8-13-4-6-14(21)7-5-13/h4-7,9,11H,8,10,12H2,1-3H3. The van der Waals surface area contributed by atoms with Crippen LogP contribution in [0.1, 0.15) is 26.3 Å². The number of benzene rings is 1. The van der Waals surface area contributed by atoms with E-state index in [4.69, 9.17) is 11.6 Å². The zero-order valence-electron chi connectivity index (χ0n) is 15.5. The molecule has 1 aromatic carbocycles. The number of hydrogen-bond donors (Lipinski definition) is 0. The Morgan fingerprint density at radius 1 is 1.22 bits per heavy atom. The van der Waals surface area contributed by atoms with Crippen molar-refractivity contribution in [3.05, 3.63) is 56.7 Å². The molecule has 142 valence electrons. The highest BCUT2D eigenvalue weighted by Crippen LogP contribution is 2.24. The van der Waals surface area contributed by atoms with E-state index in [-0.39, 0.29) is 11.3 Å². The first kappa shape index (κ1) is 20.1. The zero-order valence-corrected chi connectivity index (χ0v) is 17.9. The second kappa shape index (κ2) is 8.17. The summed E-state index contributed by atoms with van der Waals surface area (Å²) >= 11 is 8.68. The highest BCUT2D eigenvalue weighted by molar-refractivity contribution is 7.99. The van der Waals surface area contributed by atoms with Gasteiger partial charge in [0.25, 0.3) is 5.56 Å². The molecule has 0 aliphatic heterocycles. The Labute approximate surface area is 171 Å². The summed E-state index contributed by atoms with van der Waals surface area (Å²) in [5, 5.41) is 3.16. The third-order valence-corrected chi connectivity index (χ3v) is 6.36. The largest absolute Gasteiger partial charge is 0.298 e. The minimum atomic E-state index is -0.409. The fourth-order valence-electron chi connectivity index (χ4n) is 2.47. The van der Waals surface area contributed by atoms with Crippen molar-refractivity contribution in [3.63, 3.8) is 0 Å². The number of rotatable bonds is 6. The van der Waals surface area contributed by atoms with Crippen LogP contribution in [0.25, 0.3) is 10.2 Å². The maximum absolute atomic E-state index is 12.9. The van der Waals surface area contributed by atoms with Crippen LogP contribution >= 0.6 is 34.7 Å². The number of halogens is 1. The third-order valence-electron chi connectivity index (χ3n) is 4.24. The van der Waals surface area contributed by atoms with E-state index in [1.54, 1.807) is 4.57 Å². The molecule has 4 nitrogen and oxygen atoms in total. The molecule has 3 rings (SSSR count). The van der Waals surface area contributed by atoms with Gasteiger partial charge in [0.05, 0.1) is 11.3 Å². The van der Waals surface area contributed by atoms with Gasteiger partial charge >= 0.3 is 0 Å². The van der Waals surface area contributed by atoms with Crippen LogP contribution in [-0.4, -0.2) is 21.1 Å². The number of thioether (sulfide) groups is 1. The van der Waals surface area contributed by atoms with Gasteiger partial charge in [-0.2, -0.15) is 0 Å². The van der Waals surface area contributed by atoms with Gasteiger partial charge in [-0.15, -0.1) is 11.3 Å². The Kier molecular flexibility index (Phi) is 6.08. The van der Waals surface area contributed by atoms with Crippen LogP contribution in [0.15, 0.2) is 45.7 Å². The van der Waals surface area contributed by atoms with E-state index in [2.05, 4.69) is 4.98 Å². The second-order valence-corrected chi connectivity index (χ2v) is 9.62. The lowest BCUT2D eigenvalue weighted by Gasteiger charge is -2.17. The molecule has 0 spiro atoms. The van der Waals surface area contributed by atoms with Crippen LogP contribution < -0.4 is 5.56 Å². The number of ketones is 1. The van der Waals surface area contributed by atoms with E-state index in [0.29, 0.717) is 39.1 Å². The molecule has 0 aliphatic rings. The molecule has 0 N–H and O–H groups in total. The quantitative estimate of drug-likeness (QED) is 0.413. The molecule has 0 radical (unpaired) electrons. The molecular formula is C20H21ClN2O2S2. The van der Waals surface area contributed by atoms with E-state index >= 15 is 0 Å². The molecule has 0 aliphatic carbocycles. The van der Waals surface area contributed by atoms with Gasteiger partial charge < -0.3 is 0 Å². The van der Waals surface area contributed by atoms with Gasteiger partial charge in [-0.3, -0.25) is 14.2 Å². The van der Waals surface area contributed by atoms with Gasteiger partial charge in [-0.25, -0.2) is 4.98 Å². The molecule has 27 heavy (non-hydrogen) atoms. The fraction of sp³-hybridized carbons (Fsp3) is 0.350. The predicted octanol–water partition coefficient (Wildman–Crippen LogP) is 5.06. The number of hydrogen-bond acceptors (Lipinski definition) is 5. The van der Waals surface area contributed by atoms with E-state index in [1.807, 2.05) is 56.5 Å². The summed E-state index contributed by atoms with van der Waals surface area (Å²) in [6, 6.07) is 9.46. The first-order chi connectivity index (χ1) is 12.8. The van der Waals surface area contributed by atoms with Crippen molar-refractivity contribution in [1.82, 2.24) is 9.55 Å². The Balaban J connectivity index is 1.88. The molecule has 0 fully saturated rings. The summed E-state index contributed by atoms with van der Waals surface area (Å²) < 4.78 is 2.34. The van der Waals surface area contributed by atoms with E-state index in [9.17, 15) is 9.59 Å². The van der Waals surface area contributed by atoms with Gasteiger partial charge in [0, 0.05) is 17.0 Å². The average molecular weight is 421 g/mol. The first-order valence-electron chi connectivity index (χ1n) is 8.64. The molecule has 2 heterocycles. The monoisotopic (exact) mass is 420 g/mol. The summed E-state index contributed by atoms with van der Waals surface area (Å²) in [5.41, 5.74) is 1.33. The summed E-state index contributed by atoms with van der Waals surface area (Å²) in [5.74, 6) is 0.434. The van der Waals surface area contributed by atoms with Gasteiger partial charge in [0.1, 0.15) is 10.5 Å². The molecule has 7 heteroatoms. The van der Waals surface area contributed by atoms with Gasteiger partial charge in [-0.05, 0) is 35.6 Å². The van der Waals surface area contributed by atoms with Crippen LogP contribution in [0.5, 0.6) is 0 Å². The molecule has 0 saturated carbocycles. The van der Waals surface area contributed by atoms with E-state index in [1.165, 1.54) is 23.1 Å². The van der Waals surface area contributed by atoms with Crippen LogP contribution in [0, 0.1) is 5.41 Å². The lowest BCUT2D eigenvalue weighted by Crippen LogP contribution is -2.26. The van der Waals surface area contributed by atoms with Crippen LogP contribution in [0.3, 0.4) is 0 Å². The van der Waals surface area contributed by atoms with E-state index < -0.39 is 5.41 Å². The molecule has 0 bridgehead atoms. The SMILES string of the molecule is CC(C)(C)C(=O)CSc1nc2ccsc2c(=O)n1CCc1ccc(Cl)cc1. The van der Waals surface area contributed by atoms with Crippen molar-refractivity contribution in [2.24, 2.45) is 5.41 Å². The smallest absolute Gasteiger partial charge is 0.272 e. The Bertz CT molecular complexity index is 1020. The summed E-state index contributed by atoms with van der Waals surface area (Å²) in [7, 11) is 0. The van der Waals surface area contributed by atoms with Crippen molar-refractivity contribution in [2.45, 2.75) is 38.9 Å². The maximum atomic E-state index is 12.9. The fourth-order valence-corrected chi connectivity index (χ4v) is 4.56. The Hall–Kier alpha value is -1.63. The average Bonchev–Trinajstić information content (AvgIpc) is 3.08. The minimum Gasteiger partial charge on any atom is -0.298 e. The summed E-state index contributed by atoms with van der Waals surface area (Å²) in [6.45, 7) is 6.21. The van der Waals surface area contributed by atoms with Gasteiger partial charge in [0.2, 0.25) is 0 Å². The van der Waals surface area contributed by atoms with Crippen molar-refractivity contribution >= 4 is 50.7 Å². The maximum Gasteiger partial charge on any atom is 0.272 e. The molecule has 0 unspecified atom stereocenters. The Morgan fingerprint density at radius 2 is 1.93 bits per heavy atom. The van der Waals surface area contributed by atoms with Crippen molar-refractivity contribution in [3.8, 4) is 0 Å². The number of Topliss-reactive ketones (excluding diaryl/α,β-unsaturated/α-hetero) is 1. The first-order valence-corrected chi connectivity index (χ1v) is 10.9. The normalized spacial score (nSPS) is 11.9. The molecule has 2 aromatic heterocycles. The number of fused-ring (bicyclic) bond motifs is 1. The summed E-state index contributed by atoms with van der Waals surface area (Å²) in [6.07, 6.45) is 0.691. The van der Waals surface area contributed by atoms with Crippen molar-refractivity contribution < 1.29 is 4.79 Å². The molecule has 3 aromatic rings. The number of nitrogens with zero attached hydrogens (tertiary/aromatic N) is 2. The highest BCUT2D eigenvalue weighted by Gasteiger charge is 2.22. The number of aromatic nitrogens is 2. The molecule has 0 amide bonds. The number of thiophene rings is 1. The minimum absolute atomic E-state index is 0.0466. The lowest BCUT2D eigenvalue weighted by molar-refractivity contribution is -0.123. The van der Waals surface area contributed by atoms with Gasteiger partial charge in [-0.1, -0.05) is 56.3 Å².